The molecule has 19 heavy (non-hydrogen) atoms. The summed E-state index contributed by atoms with van der Waals surface area (Å²) in [6.45, 7) is 0.808. The molecular formula is C14H18FNO2S. The zero-order valence-corrected chi connectivity index (χ0v) is 11.5. The average Bonchev–Trinajstić information content (AvgIpc) is 2.89. The normalized spacial score (nSPS) is 18.8. The van der Waals surface area contributed by atoms with Gasteiger partial charge in [-0.25, -0.2) is 4.39 Å². The number of benzene rings is 1. The van der Waals surface area contributed by atoms with Gasteiger partial charge in [0.2, 0.25) is 5.91 Å². The minimum absolute atomic E-state index is 0.00308. The van der Waals surface area contributed by atoms with Crippen LogP contribution >= 0.6 is 11.8 Å². The summed E-state index contributed by atoms with van der Waals surface area (Å²) in [7, 11) is 0. The predicted molar refractivity (Wildman–Crippen MR) is 73.6 cm³/mol. The topological polar surface area (TPSA) is 40.5 Å². The molecule has 1 atom stereocenters. The first kappa shape index (κ1) is 14.3. The molecule has 0 bridgehead atoms. The fraction of sp³-hybridized carbons (Fsp3) is 0.500. The first-order valence-electron chi connectivity index (χ1n) is 6.49. The first-order chi connectivity index (χ1) is 9.20. The molecule has 1 fully saturated rings. The van der Waals surface area contributed by atoms with Gasteiger partial charge in [0.05, 0.1) is 12.6 Å². The molecule has 0 spiro atoms. The van der Waals surface area contributed by atoms with Crippen molar-refractivity contribution in [1.29, 1.82) is 0 Å². The molecule has 5 heteroatoms. The average molecular weight is 283 g/mol. The van der Waals surface area contributed by atoms with Crippen LogP contribution in [0, 0.1) is 5.82 Å². The Morgan fingerprint density at radius 2 is 2.16 bits per heavy atom. The molecular weight excluding hydrogens is 265 g/mol. The number of rotatable bonds is 5. The molecule has 0 saturated carbocycles. The number of aliphatic hydroxyl groups is 1. The minimum Gasteiger partial charge on any atom is -0.394 e. The van der Waals surface area contributed by atoms with Gasteiger partial charge in [-0.15, -0.1) is 11.8 Å². The van der Waals surface area contributed by atoms with Gasteiger partial charge in [0, 0.05) is 23.6 Å². The Morgan fingerprint density at radius 1 is 1.42 bits per heavy atom. The Balaban J connectivity index is 1.76. The number of carbonyl (C=O) groups excluding carboxylic acids is 1. The molecule has 1 saturated heterocycles. The fourth-order valence-corrected chi connectivity index (χ4v) is 3.13. The number of carbonyl (C=O) groups is 1. The SMILES string of the molecule is O=C(CCSc1ccc(F)cc1)N1CCC[C@H]1CO. The van der Waals surface area contributed by atoms with Crippen LogP contribution in [0.3, 0.4) is 0 Å². The van der Waals surface area contributed by atoms with Gasteiger partial charge in [0.15, 0.2) is 0 Å². The lowest BCUT2D eigenvalue weighted by molar-refractivity contribution is -0.132. The van der Waals surface area contributed by atoms with E-state index in [9.17, 15) is 14.3 Å². The molecule has 1 aromatic rings. The number of hydrogen-bond acceptors (Lipinski definition) is 3. The monoisotopic (exact) mass is 283 g/mol. The third-order valence-corrected chi connectivity index (χ3v) is 4.32. The molecule has 0 radical (unpaired) electrons. The van der Waals surface area contributed by atoms with E-state index in [4.69, 9.17) is 0 Å². The largest absolute Gasteiger partial charge is 0.394 e. The van der Waals surface area contributed by atoms with Gasteiger partial charge >= 0.3 is 0 Å². The van der Waals surface area contributed by atoms with Crippen molar-refractivity contribution < 1.29 is 14.3 Å². The summed E-state index contributed by atoms with van der Waals surface area (Å²) >= 11 is 1.55. The zero-order valence-electron chi connectivity index (χ0n) is 10.7. The van der Waals surface area contributed by atoms with E-state index in [1.165, 1.54) is 12.1 Å². The van der Waals surface area contributed by atoms with E-state index in [0.717, 1.165) is 24.3 Å². The second-order valence-corrected chi connectivity index (χ2v) is 5.79. The van der Waals surface area contributed by atoms with Crippen LogP contribution in [0.15, 0.2) is 29.2 Å². The summed E-state index contributed by atoms with van der Waals surface area (Å²) in [5, 5.41) is 9.18. The molecule has 0 aliphatic carbocycles. The Hall–Kier alpha value is -1.07. The van der Waals surface area contributed by atoms with Crippen molar-refractivity contribution in [3.05, 3.63) is 30.1 Å². The number of hydrogen-bond donors (Lipinski definition) is 1. The van der Waals surface area contributed by atoms with E-state index in [1.807, 2.05) is 0 Å². The van der Waals surface area contributed by atoms with E-state index in [2.05, 4.69) is 0 Å². The molecule has 3 nitrogen and oxygen atoms in total. The van der Waals surface area contributed by atoms with Crippen molar-refractivity contribution >= 4 is 17.7 Å². The molecule has 1 N–H and O–H groups in total. The highest BCUT2D eigenvalue weighted by atomic mass is 32.2. The quantitative estimate of drug-likeness (QED) is 0.843. The highest BCUT2D eigenvalue weighted by Crippen LogP contribution is 2.21. The summed E-state index contributed by atoms with van der Waals surface area (Å²) in [6.07, 6.45) is 2.33. The highest BCUT2D eigenvalue weighted by Gasteiger charge is 2.27. The van der Waals surface area contributed by atoms with E-state index in [-0.39, 0.29) is 24.4 Å². The lowest BCUT2D eigenvalue weighted by Crippen LogP contribution is -2.37. The van der Waals surface area contributed by atoms with Crippen LogP contribution < -0.4 is 0 Å². The van der Waals surface area contributed by atoms with E-state index >= 15 is 0 Å². The lowest BCUT2D eigenvalue weighted by Gasteiger charge is -2.22. The van der Waals surface area contributed by atoms with Gasteiger partial charge in [-0.2, -0.15) is 0 Å². The number of nitrogens with zero attached hydrogens (tertiary/aromatic N) is 1. The standard InChI is InChI=1S/C14H18FNO2S/c15-11-3-5-13(6-4-11)19-9-7-14(18)16-8-1-2-12(16)10-17/h3-6,12,17H,1-2,7-10H2/t12-/m0/s1. The first-order valence-corrected chi connectivity index (χ1v) is 7.48. The molecule has 1 aliphatic heterocycles. The van der Waals surface area contributed by atoms with Crippen molar-refractivity contribution in [2.45, 2.75) is 30.2 Å². The van der Waals surface area contributed by atoms with Gasteiger partial charge < -0.3 is 10.0 Å². The molecule has 104 valence electrons. The smallest absolute Gasteiger partial charge is 0.223 e. The van der Waals surface area contributed by atoms with Crippen LogP contribution in [0.5, 0.6) is 0 Å². The van der Waals surface area contributed by atoms with E-state index in [0.29, 0.717) is 12.2 Å². The Labute approximate surface area is 116 Å². The van der Waals surface area contributed by atoms with Gasteiger partial charge in [-0.1, -0.05) is 0 Å². The van der Waals surface area contributed by atoms with E-state index < -0.39 is 0 Å². The van der Waals surface area contributed by atoms with Gasteiger partial charge in [0.1, 0.15) is 5.82 Å². The Bertz CT molecular complexity index is 424. The number of thioether (sulfide) groups is 1. The van der Waals surface area contributed by atoms with Crippen molar-refractivity contribution in [3.63, 3.8) is 0 Å². The Kier molecular flexibility index (Phi) is 5.22. The molecule has 1 aromatic carbocycles. The number of likely N-dealkylation sites (tertiary alicyclic amines) is 1. The maximum absolute atomic E-state index is 12.7. The minimum atomic E-state index is -0.247. The van der Waals surface area contributed by atoms with E-state index in [1.54, 1.807) is 28.8 Å². The van der Waals surface area contributed by atoms with Crippen LogP contribution in [-0.4, -0.2) is 40.9 Å². The van der Waals surface area contributed by atoms with Crippen molar-refractivity contribution in [2.75, 3.05) is 18.9 Å². The molecule has 1 aliphatic rings. The van der Waals surface area contributed by atoms with Crippen molar-refractivity contribution in [3.8, 4) is 0 Å². The van der Waals surface area contributed by atoms with Gasteiger partial charge in [-0.3, -0.25) is 4.79 Å². The van der Waals surface area contributed by atoms with Crippen LogP contribution in [0.4, 0.5) is 4.39 Å². The maximum Gasteiger partial charge on any atom is 0.223 e. The number of aliphatic hydroxyl groups excluding tert-OH is 1. The van der Waals surface area contributed by atoms with Crippen molar-refractivity contribution in [2.24, 2.45) is 0 Å². The zero-order chi connectivity index (χ0) is 13.7. The van der Waals surface area contributed by atoms with Crippen molar-refractivity contribution in [1.82, 2.24) is 4.90 Å². The maximum atomic E-state index is 12.7. The highest BCUT2D eigenvalue weighted by molar-refractivity contribution is 7.99. The molecule has 0 aromatic heterocycles. The molecule has 0 unspecified atom stereocenters. The van der Waals surface area contributed by atoms with Crippen LogP contribution in [0.1, 0.15) is 19.3 Å². The van der Waals surface area contributed by atoms with Gasteiger partial charge in [0.25, 0.3) is 0 Å². The third kappa shape index (κ3) is 3.94. The van der Waals surface area contributed by atoms with Crippen LogP contribution in [0.2, 0.25) is 0 Å². The Morgan fingerprint density at radius 3 is 2.84 bits per heavy atom. The number of halogens is 1. The fourth-order valence-electron chi connectivity index (χ4n) is 2.28. The molecule has 1 amide bonds. The third-order valence-electron chi connectivity index (χ3n) is 3.31. The summed E-state index contributed by atoms with van der Waals surface area (Å²) in [6, 6.07) is 6.29. The molecule has 2 rings (SSSR count). The van der Waals surface area contributed by atoms with Crippen LogP contribution in [-0.2, 0) is 4.79 Å². The van der Waals surface area contributed by atoms with Crippen LogP contribution in [0.25, 0.3) is 0 Å². The number of amides is 1. The summed E-state index contributed by atoms with van der Waals surface area (Å²) < 4.78 is 12.7. The summed E-state index contributed by atoms with van der Waals surface area (Å²) in [5.41, 5.74) is 0. The lowest BCUT2D eigenvalue weighted by atomic mass is 10.2. The summed E-state index contributed by atoms with van der Waals surface area (Å²) in [5.74, 6) is 0.536. The predicted octanol–water partition coefficient (Wildman–Crippen LogP) is 2.29. The second-order valence-electron chi connectivity index (χ2n) is 4.62. The second kappa shape index (κ2) is 6.91. The van der Waals surface area contributed by atoms with Gasteiger partial charge in [-0.05, 0) is 37.1 Å². The summed E-state index contributed by atoms with van der Waals surface area (Å²) in [4.78, 5) is 14.8. The molecule has 1 heterocycles.